The number of nitrogens with zero attached hydrogens (tertiary/aromatic N) is 1. The van der Waals surface area contributed by atoms with Crippen molar-refractivity contribution in [2.75, 3.05) is 13.6 Å². The van der Waals surface area contributed by atoms with Crippen LogP contribution in [0.1, 0.15) is 24.2 Å². The number of hydrogen-bond donors (Lipinski definition) is 2. The first kappa shape index (κ1) is 7.61. The van der Waals surface area contributed by atoms with Crippen molar-refractivity contribution in [1.29, 1.82) is 0 Å². The van der Waals surface area contributed by atoms with Crippen LogP contribution in [0.5, 0.6) is 0 Å². The molecule has 1 aliphatic heterocycles. The zero-order valence-corrected chi connectivity index (χ0v) is 7.35. The molecular weight excluding hydrogens is 154 g/mol. The fourth-order valence-electron chi connectivity index (χ4n) is 1.70. The highest BCUT2D eigenvalue weighted by Gasteiger charge is 2.24. The monoisotopic (exact) mass is 167 g/mol. The van der Waals surface area contributed by atoms with Gasteiger partial charge in [-0.25, -0.2) is 0 Å². The van der Waals surface area contributed by atoms with Crippen molar-refractivity contribution >= 4 is 0 Å². The Bertz CT molecular complexity index is 338. The summed E-state index contributed by atoms with van der Waals surface area (Å²) in [5, 5.41) is 5.55. The summed E-state index contributed by atoms with van der Waals surface area (Å²) in [7, 11) is 2.07. The summed E-state index contributed by atoms with van der Waals surface area (Å²) in [6, 6.07) is 0.327. The predicted octanol–water partition coefficient (Wildman–Crippen LogP) is 0.252. The van der Waals surface area contributed by atoms with E-state index in [0.717, 1.165) is 24.2 Å². The van der Waals surface area contributed by atoms with E-state index in [9.17, 15) is 4.79 Å². The van der Waals surface area contributed by atoms with Crippen LogP contribution in [0.3, 0.4) is 0 Å². The smallest absolute Gasteiger partial charge is 0.267 e. The Morgan fingerprint density at radius 1 is 1.50 bits per heavy atom. The van der Waals surface area contributed by atoms with E-state index in [4.69, 9.17) is 0 Å². The first-order valence-electron chi connectivity index (χ1n) is 4.20. The second-order valence-corrected chi connectivity index (χ2v) is 3.38. The molecule has 1 aromatic heterocycles. The maximum Gasteiger partial charge on any atom is 0.267 e. The lowest BCUT2D eigenvalue weighted by Gasteiger charge is -2.28. The summed E-state index contributed by atoms with van der Waals surface area (Å²) in [6.07, 6.45) is 0.856. The van der Waals surface area contributed by atoms with E-state index in [0.29, 0.717) is 6.04 Å². The van der Waals surface area contributed by atoms with Crippen molar-refractivity contribution in [2.24, 2.45) is 0 Å². The average Bonchev–Trinajstić information content (AvgIpc) is 2.41. The van der Waals surface area contributed by atoms with Crippen LogP contribution in [-0.2, 0) is 6.42 Å². The van der Waals surface area contributed by atoms with E-state index in [1.54, 1.807) is 0 Å². The number of aromatic amines is 2. The molecule has 0 aliphatic carbocycles. The van der Waals surface area contributed by atoms with Crippen LogP contribution in [0.25, 0.3) is 0 Å². The van der Waals surface area contributed by atoms with Crippen LogP contribution in [0.4, 0.5) is 0 Å². The SMILES string of the molecule is CC1c2[nH][nH]c(=O)c2CCN1C. The quantitative estimate of drug-likeness (QED) is 0.582. The highest BCUT2D eigenvalue weighted by atomic mass is 16.1. The molecule has 2 heterocycles. The molecule has 0 aromatic carbocycles. The molecule has 2 N–H and O–H groups in total. The zero-order chi connectivity index (χ0) is 8.72. The first-order valence-corrected chi connectivity index (χ1v) is 4.20. The van der Waals surface area contributed by atoms with E-state index < -0.39 is 0 Å². The van der Waals surface area contributed by atoms with Crippen molar-refractivity contribution in [2.45, 2.75) is 19.4 Å². The molecule has 1 unspecified atom stereocenters. The third kappa shape index (κ3) is 0.914. The molecule has 12 heavy (non-hydrogen) atoms. The van der Waals surface area contributed by atoms with Crippen LogP contribution in [0.15, 0.2) is 4.79 Å². The van der Waals surface area contributed by atoms with Gasteiger partial charge in [0, 0.05) is 18.2 Å². The summed E-state index contributed by atoms with van der Waals surface area (Å²) in [5.41, 5.74) is 2.03. The third-order valence-corrected chi connectivity index (χ3v) is 2.70. The van der Waals surface area contributed by atoms with E-state index in [1.807, 2.05) is 0 Å². The molecule has 2 rings (SSSR count). The maximum atomic E-state index is 11.2. The van der Waals surface area contributed by atoms with Crippen molar-refractivity contribution in [1.82, 2.24) is 15.1 Å². The van der Waals surface area contributed by atoms with E-state index in [1.165, 1.54) is 0 Å². The molecule has 0 saturated carbocycles. The van der Waals surface area contributed by atoms with Gasteiger partial charge in [0.05, 0.1) is 5.69 Å². The molecule has 0 radical (unpaired) electrons. The number of likely N-dealkylation sites (N-methyl/N-ethyl adjacent to an activating group) is 1. The summed E-state index contributed by atoms with van der Waals surface area (Å²) in [5.74, 6) is 0. The van der Waals surface area contributed by atoms with Gasteiger partial charge in [0.15, 0.2) is 0 Å². The fourth-order valence-corrected chi connectivity index (χ4v) is 1.70. The molecule has 0 saturated heterocycles. The Kier molecular flexibility index (Phi) is 1.58. The van der Waals surface area contributed by atoms with Crippen LogP contribution in [0.2, 0.25) is 0 Å². The van der Waals surface area contributed by atoms with E-state index in [-0.39, 0.29) is 5.56 Å². The van der Waals surface area contributed by atoms with Gasteiger partial charge in [0.2, 0.25) is 0 Å². The number of aromatic nitrogens is 2. The normalized spacial score (nSPS) is 24.0. The third-order valence-electron chi connectivity index (χ3n) is 2.70. The lowest BCUT2D eigenvalue weighted by molar-refractivity contribution is 0.243. The van der Waals surface area contributed by atoms with Gasteiger partial charge in [0.25, 0.3) is 5.56 Å². The molecule has 4 nitrogen and oxygen atoms in total. The van der Waals surface area contributed by atoms with Gasteiger partial charge < -0.3 is 5.10 Å². The first-order chi connectivity index (χ1) is 5.70. The van der Waals surface area contributed by atoms with E-state index >= 15 is 0 Å². The number of H-pyrrole nitrogens is 2. The zero-order valence-electron chi connectivity index (χ0n) is 7.35. The Balaban J connectivity index is 2.50. The molecule has 1 aliphatic rings. The van der Waals surface area contributed by atoms with Crippen LogP contribution in [0, 0.1) is 0 Å². The summed E-state index contributed by atoms with van der Waals surface area (Å²) in [6.45, 7) is 3.07. The lowest BCUT2D eigenvalue weighted by atomic mass is 10.0. The summed E-state index contributed by atoms with van der Waals surface area (Å²) < 4.78 is 0. The molecule has 4 heteroatoms. The molecule has 0 amide bonds. The molecule has 0 fully saturated rings. The highest BCUT2D eigenvalue weighted by Crippen LogP contribution is 2.23. The molecular formula is C8H13N3O. The van der Waals surface area contributed by atoms with E-state index in [2.05, 4.69) is 29.1 Å². The molecule has 1 aromatic rings. The summed E-state index contributed by atoms with van der Waals surface area (Å²) >= 11 is 0. The predicted molar refractivity (Wildman–Crippen MR) is 46.2 cm³/mol. The molecule has 1 atom stereocenters. The highest BCUT2D eigenvalue weighted by molar-refractivity contribution is 5.22. The number of hydrogen-bond acceptors (Lipinski definition) is 2. The average molecular weight is 167 g/mol. The Labute approximate surface area is 70.6 Å². The summed E-state index contributed by atoms with van der Waals surface area (Å²) in [4.78, 5) is 13.4. The van der Waals surface area contributed by atoms with Crippen LogP contribution >= 0.6 is 0 Å². The Morgan fingerprint density at radius 3 is 3.00 bits per heavy atom. The standard InChI is InChI=1S/C8H13N3O/c1-5-7-6(3-4-11(5)2)8(12)10-9-7/h5H,3-4H2,1-2H3,(H2,9,10,12). The van der Waals surface area contributed by atoms with Gasteiger partial charge >= 0.3 is 0 Å². The fraction of sp³-hybridized carbons (Fsp3) is 0.625. The van der Waals surface area contributed by atoms with Gasteiger partial charge in [-0.3, -0.25) is 14.8 Å². The van der Waals surface area contributed by atoms with Crippen LogP contribution in [-0.4, -0.2) is 28.7 Å². The number of fused-ring (bicyclic) bond motifs is 1. The topological polar surface area (TPSA) is 51.9 Å². The largest absolute Gasteiger partial charge is 0.300 e. The minimum absolute atomic E-state index is 0.0463. The van der Waals surface area contributed by atoms with Gasteiger partial charge in [-0.15, -0.1) is 0 Å². The molecule has 0 spiro atoms. The van der Waals surface area contributed by atoms with Gasteiger partial charge in [0.1, 0.15) is 0 Å². The van der Waals surface area contributed by atoms with Gasteiger partial charge in [-0.05, 0) is 20.4 Å². The number of rotatable bonds is 0. The second-order valence-electron chi connectivity index (χ2n) is 3.38. The Hall–Kier alpha value is -1.03. The van der Waals surface area contributed by atoms with Gasteiger partial charge in [-0.2, -0.15) is 0 Å². The van der Waals surface area contributed by atoms with Crippen LogP contribution < -0.4 is 5.56 Å². The minimum Gasteiger partial charge on any atom is -0.300 e. The lowest BCUT2D eigenvalue weighted by Crippen LogP contribution is -2.31. The molecule has 66 valence electrons. The molecule has 0 bridgehead atoms. The second kappa shape index (κ2) is 2.48. The van der Waals surface area contributed by atoms with Crippen molar-refractivity contribution in [3.8, 4) is 0 Å². The Morgan fingerprint density at radius 2 is 2.25 bits per heavy atom. The maximum absolute atomic E-state index is 11.2. The number of nitrogens with one attached hydrogen (secondary N) is 2. The van der Waals surface area contributed by atoms with Crippen molar-refractivity contribution in [3.05, 3.63) is 21.6 Å². The van der Waals surface area contributed by atoms with Gasteiger partial charge in [-0.1, -0.05) is 0 Å². The minimum atomic E-state index is 0.0463. The van der Waals surface area contributed by atoms with Crippen molar-refractivity contribution < 1.29 is 0 Å². The van der Waals surface area contributed by atoms with Crippen molar-refractivity contribution in [3.63, 3.8) is 0 Å².